The zero-order valence-electron chi connectivity index (χ0n) is 15.8. The molecule has 3 aromatic rings. The molecule has 1 spiro atoms. The normalized spacial score (nSPS) is 18.4. The number of rotatable bonds is 1. The summed E-state index contributed by atoms with van der Waals surface area (Å²) in [6, 6.07) is 1.90. The second kappa shape index (κ2) is 6.17. The van der Waals surface area contributed by atoms with Crippen molar-refractivity contribution < 1.29 is 9.53 Å². The van der Waals surface area contributed by atoms with E-state index in [1.54, 1.807) is 6.33 Å². The van der Waals surface area contributed by atoms with Gasteiger partial charge in [0, 0.05) is 31.0 Å². The monoisotopic (exact) mass is 397 g/mol. The van der Waals surface area contributed by atoms with Gasteiger partial charge in [0.15, 0.2) is 17.2 Å². The first-order valence-electron chi connectivity index (χ1n) is 9.38. The number of hydrogen-bond acceptors (Lipinski definition) is 6. The van der Waals surface area contributed by atoms with Crippen LogP contribution < -0.4 is 9.64 Å². The number of imidazole rings is 1. The average Bonchev–Trinajstić information content (AvgIpc) is 3.15. The van der Waals surface area contributed by atoms with Crippen LogP contribution >= 0.6 is 11.6 Å². The van der Waals surface area contributed by atoms with Crippen molar-refractivity contribution in [3.63, 3.8) is 0 Å². The topological polar surface area (TPSA) is 84.0 Å². The minimum atomic E-state index is -0.465. The minimum Gasteiger partial charge on any atom is -0.486 e. The highest BCUT2D eigenvalue weighted by molar-refractivity contribution is 6.32. The maximum absolute atomic E-state index is 12.9. The van der Waals surface area contributed by atoms with E-state index in [9.17, 15) is 4.79 Å². The van der Waals surface area contributed by atoms with Crippen LogP contribution in [0.4, 0.5) is 5.82 Å². The number of carbonyl (C=O) groups is 1. The first-order valence-corrected chi connectivity index (χ1v) is 9.76. The van der Waals surface area contributed by atoms with Crippen LogP contribution in [-0.4, -0.2) is 44.4 Å². The van der Waals surface area contributed by atoms with Gasteiger partial charge in [-0.15, -0.1) is 0 Å². The largest absolute Gasteiger partial charge is 0.486 e. The number of nitrogens with zero attached hydrogens (tertiary/aromatic N) is 4. The van der Waals surface area contributed by atoms with Crippen molar-refractivity contribution in [3.05, 3.63) is 40.4 Å². The lowest BCUT2D eigenvalue weighted by molar-refractivity contribution is 0.0230. The molecule has 2 aliphatic rings. The second-order valence-electron chi connectivity index (χ2n) is 7.68. The summed E-state index contributed by atoms with van der Waals surface area (Å²) in [5, 5.41) is 0.647. The van der Waals surface area contributed by atoms with Gasteiger partial charge in [0.05, 0.1) is 18.3 Å². The third-order valence-corrected chi connectivity index (χ3v) is 6.49. The molecule has 1 saturated heterocycles. The Morgan fingerprint density at radius 1 is 1.21 bits per heavy atom. The maximum Gasteiger partial charge on any atom is 0.182 e. The molecule has 0 aliphatic carbocycles. The quantitative estimate of drug-likeness (QED) is 0.675. The molecule has 7 nitrogen and oxygen atoms in total. The van der Waals surface area contributed by atoms with Gasteiger partial charge in [-0.05, 0) is 31.0 Å². The van der Waals surface area contributed by atoms with Crippen LogP contribution in [0, 0.1) is 13.8 Å². The number of aromatic nitrogens is 4. The fraction of sp³-hybridized carbons (Fsp3) is 0.400. The van der Waals surface area contributed by atoms with Crippen LogP contribution in [-0.2, 0) is 0 Å². The highest BCUT2D eigenvalue weighted by atomic mass is 35.5. The van der Waals surface area contributed by atoms with Gasteiger partial charge in [-0.1, -0.05) is 11.6 Å². The lowest BCUT2D eigenvalue weighted by atomic mass is 9.81. The van der Waals surface area contributed by atoms with Gasteiger partial charge in [0.2, 0.25) is 0 Å². The van der Waals surface area contributed by atoms with Gasteiger partial charge in [-0.25, -0.2) is 15.0 Å². The Bertz CT molecular complexity index is 1100. The zero-order chi connectivity index (χ0) is 19.5. The summed E-state index contributed by atoms with van der Waals surface area (Å²) in [5.41, 5.74) is 3.42. The van der Waals surface area contributed by atoms with Gasteiger partial charge in [0.25, 0.3) is 0 Å². The molecular formula is C20H20ClN5O2. The summed E-state index contributed by atoms with van der Waals surface area (Å²) in [6.45, 7) is 5.33. The Balaban J connectivity index is 1.42. The molecular weight excluding hydrogens is 378 g/mol. The second-order valence-corrected chi connectivity index (χ2v) is 8.05. The minimum absolute atomic E-state index is 0.118. The van der Waals surface area contributed by atoms with Gasteiger partial charge in [0.1, 0.15) is 23.2 Å². The molecule has 1 N–H and O–H groups in total. The van der Waals surface area contributed by atoms with E-state index < -0.39 is 5.60 Å². The third kappa shape index (κ3) is 2.57. The van der Waals surface area contributed by atoms with E-state index in [1.807, 2.05) is 19.9 Å². The Morgan fingerprint density at radius 3 is 2.79 bits per heavy atom. The van der Waals surface area contributed by atoms with Gasteiger partial charge in [-0.2, -0.15) is 0 Å². The Kier molecular flexibility index (Phi) is 3.84. The fourth-order valence-corrected chi connectivity index (χ4v) is 4.55. The molecule has 0 radical (unpaired) electrons. The molecule has 28 heavy (non-hydrogen) atoms. The number of piperidine rings is 1. The van der Waals surface area contributed by atoms with E-state index in [4.69, 9.17) is 16.3 Å². The van der Waals surface area contributed by atoms with Crippen LogP contribution in [0.2, 0.25) is 5.02 Å². The van der Waals surface area contributed by atoms with E-state index in [2.05, 4.69) is 24.8 Å². The summed E-state index contributed by atoms with van der Waals surface area (Å²) < 4.78 is 6.45. The first kappa shape index (κ1) is 17.4. The van der Waals surface area contributed by atoms with Crippen LogP contribution in [0.25, 0.3) is 11.2 Å². The highest BCUT2D eigenvalue weighted by Gasteiger charge is 2.44. The number of carbonyl (C=O) groups excluding carboxylic acids is 1. The number of ketones is 1. The van der Waals surface area contributed by atoms with Gasteiger partial charge < -0.3 is 14.6 Å². The Hall–Kier alpha value is -2.67. The van der Waals surface area contributed by atoms with E-state index in [1.165, 1.54) is 6.33 Å². The Labute approximate surface area is 167 Å². The standard InChI is InChI=1S/C20H20ClN5O2/c1-11-7-14-15(12(2)16(11)21)13(27)8-20(28-14)3-5-26(6-4-20)19-17-18(23-9-22-17)24-10-25-19/h7,9-10H,3-6,8H2,1-2H3,(H,22,23,24,25). The fourth-order valence-electron chi connectivity index (χ4n) is 4.40. The van der Waals surface area contributed by atoms with Crippen molar-refractivity contribution >= 4 is 34.4 Å². The maximum atomic E-state index is 12.9. The number of hydrogen-bond donors (Lipinski definition) is 1. The third-order valence-electron chi connectivity index (χ3n) is 5.91. The molecule has 1 aromatic carbocycles. The van der Waals surface area contributed by atoms with Crippen molar-refractivity contribution in [1.29, 1.82) is 0 Å². The molecule has 0 saturated carbocycles. The number of fused-ring (bicyclic) bond motifs is 2. The summed E-state index contributed by atoms with van der Waals surface area (Å²) in [6.07, 6.45) is 5.05. The SMILES string of the molecule is Cc1cc2c(c(C)c1Cl)C(=O)CC1(CCN(c3ncnc4nc[nH]c34)CC1)O2. The van der Waals surface area contributed by atoms with E-state index >= 15 is 0 Å². The Morgan fingerprint density at radius 2 is 2.00 bits per heavy atom. The van der Waals surface area contributed by atoms with Crippen molar-refractivity contribution in [1.82, 2.24) is 19.9 Å². The molecule has 0 unspecified atom stereocenters. The summed E-state index contributed by atoms with van der Waals surface area (Å²) >= 11 is 6.35. The first-order chi connectivity index (χ1) is 13.5. The molecule has 0 bridgehead atoms. The van der Waals surface area contributed by atoms with Gasteiger partial charge in [-0.3, -0.25) is 4.79 Å². The molecule has 1 fully saturated rings. The molecule has 0 atom stereocenters. The molecule has 2 aromatic heterocycles. The average molecular weight is 398 g/mol. The van der Waals surface area contributed by atoms with Crippen molar-refractivity contribution in [3.8, 4) is 5.75 Å². The number of benzene rings is 1. The van der Waals surface area contributed by atoms with Crippen LogP contribution in [0.1, 0.15) is 40.7 Å². The number of halogens is 1. The molecule has 8 heteroatoms. The number of ether oxygens (including phenoxy) is 1. The zero-order valence-corrected chi connectivity index (χ0v) is 16.5. The summed E-state index contributed by atoms with van der Waals surface area (Å²) in [4.78, 5) is 31.1. The number of anilines is 1. The predicted octanol–water partition coefficient (Wildman–Crippen LogP) is 3.63. The van der Waals surface area contributed by atoms with Crippen molar-refractivity contribution in [2.75, 3.05) is 18.0 Å². The van der Waals surface area contributed by atoms with Gasteiger partial charge >= 0.3 is 0 Å². The number of Topliss-reactive ketones (excluding diaryl/α,β-unsaturated/α-hetero) is 1. The molecule has 4 heterocycles. The van der Waals surface area contributed by atoms with Crippen LogP contribution in [0.5, 0.6) is 5.75 Å². The molecule has 144 valence electrons. The van der Waals surface area contributed by atoms with E-state index in [0.717, 1.165) is 48.4 Å². The summed E-state index contributed by atoms with van der Waals surface area (Å²) in [5.74, 6) is 1.63. The highest BCUT2D eigenvalue weighted by Crippen LogP contribution is 2.43. The molecule has 2 aliphatic heterocycles. The predicted molar refractivity (Wildman–Crippen MR) is 106 cm³/mol. The smallest absolute Gasteiger partial charge is 0.182 e. The summed E-state index contributed by atoms with van der Waals surface area (Å²) in [7, 11) is 0. The number of aryl methyl sites for hydroxylation is 1. The molecule has 5 rings (SSSR count). The number of nitrogens with one attached hydrogen (secondary N) is 1. The lowest BCUT2D eigenvalue weighted by Crippen LogP contribution is -2.51. The number of aromatic amines is 1. The molecule has 0 amide bonds. The van der Waals surface area contributed by atoms with Crippen LogP contribution in [0.15, 0.2) is 18.7 Å². The number of H-pyrrole nitrogens is 1. The van der Waals surface area contributed by atoms with Crippen LogP contribution in [0.3, 0.4) is 0 Å². The van der Waals surface area contributed by atoms with Crippen molar-refractivity contribution in [2.24, 2.45) is 0 Å². The van der Waals surface area contributed by atoms with E-state index in [-0.39, 0.29) is 5.78 Å². The lowest BCUT2D eigenvalue weighted by Gasteiger charge is -2.44. The van der Waals surface area contributed by atoms with E-state index in [0.29, 0.717) is 28.4 Å². The van der Waals surface area contributed by atoms with Crippen molar-refractivity contribution in [2.45, 2.75) is 38.7 Å².